The molecular formula is C30H36ClN3O5S. The van der Waals surface area contributed by atoms with Crippen LogP contribution >= 0.6 is 11.6 Å². The van der Waals surface area contributed by atoms with Crippen molar-refractivity contribution in [1.82, 2.24) is 10.2 Å². The summed E-state index contributed by atoms with van der Waals surface area (Å²) < 4.78 is 34.1. The van der Waals surface area contributed by atoms with Crippen LogP contribution < -0.4 is 14.4 Å². The number of rotatable bonds is 12. The summed E-state index contributed by atoms with van der Waals surface area (Å²) in [7, 11) is -2.60. The molecule has 1 atom stereocenters. The molecule has 10 heteroatoms. The Hall–Kier alpha value is -3.56. The number of methoxy groups -OCH3 is 1. The Morgan fingerprint density at radius 2 is 1.62 bits per heavy atom. The molecule has 40 heavy (non-hydrogen) atoms. The summed E-state index contributed by atoms with van der Waals surface area (Å²) in [5.74, 6) is -0.182. The third kappa shape index (κ3) is 7.55. The lowest BCUT2D eigenvalue weighted by atomic mass is 10.1. The number of carbonyl (C=O) groups is 2. The van der Waals surface area contributed by atoms with Crippen LogP contribution in [0.15, 0.2) is 71.6 Å². The summed E-state index contributed by atoms with van der Waals surface area (Å²) in [5, 5.41) is 3.23. The molecule has 0 aromatic heterocycles. The SMILES string of the molecule is CCCNC(=O)C(C)N(Cc1ccc(OC)cc1)C(=O)CN(c1ccc(C)c(C)c1)S(=O)(=O)c1ccc(Cl)cc1. The molecule has 8 nitrogen and oxygen atoms in total. The topological polar surface area (TPSA) is 96.0 Å². The summed E-state index contributed by atoms with van der Waals surface area (Å²) >= 11 is 6.00. The minimum atomic E-state index is -4.16. The van der Waals surface area contributed by atoms with E-state index in [9.17, 15) is 18.0 Å². The highest BCUT2D eigenvalue weighted by Crippen LogP contribution is 2.27. The Labute approximate surface area is 241 Å². The van der Waals surface area contributed by atoms with Crippen molar-refractivity contribution < 1.29 is 22.7 Å². The van der Waals surface area contributed by atoms with Gasteiger partial charge in [0.25, 0.3) is 10.0 Å². The fraction of sp³-hybridized carbons (Fsp3) is 0.333. The number of hydrogen-bond acceptors (Lipinski definition) is 5. The van der Waals surface area contributed by atoms with Gasteiger partial charge in [-0.15, -0.1) is 0 Å². The number of amides is 2. The van der Waals surface area contributed by atoms with Gasteiger partial charge in [-0.1, -0.05) is 36.7 Å². The average molecular weight is 586 g/mol. The minimum Gasteiger partial charge on any atom is -0.497 e. The van der Waals surface area contributed by atoms with Crippen molar-refractivity contribution in [2.75, 3.05) is 24.5 Å². The van der Waals surface area contributed by atoms with Crippen molar-refractivity contribution in [2.24, 2.45) is 0 Å². The van der Waals surface area contributed by atoms with Gasteiger partial charge in [0.2, 0.25) is 11.8 Å². The fourth-order valence-electron chi connectivity index (χ4n) is 4.05. The molecule has 214 valence electrons. The van der Waals surface area contributed by atoms with Gasteiger partial charge in [-0.25, -0.2) is 8.42 Å². The first kappa shape index (κ1) is 31.0. The van der Waals surface area contributed by atoms with Crippen LogP contribution in [0, 0.1) is 13.8 Å². The number of sulfonamides is 1. The van der Waals surface area contributed by atoms with Gasteiger partial charge in [-0.2, -0.15) is 0 Å². The number of halogens is 1. The molecule has 3 rings (SSSR count). The first-order valence-electron chi connectivity index (χ1n) is 13.0. The monoisotopic (exact) mass is 585 g/mol. The molecule has 0 spiro atoms. The molecular weight excluding hydrogens is 550 g/mol. The summed E-state index contributed by atoms with van der Waals surface area (Å²) in [6, 6.07) is 17.3. The Morgan fingerprint density at radius 3 is 2.20 bits per heavy atom. The van der Waals surface area contributed by atoms with Crippen LogP contribution in [-0.2, 0) is 26.2 Å². The van der Waals surface area contributed by atoms with Crippen molar-refractivity contribution >= 4 is 39.1 Å². The van der Waals surface area contributed by atoms with Gasteiger partial charge in [0.1, 0.15) is 18.3 Å². The van der Waals surface area contributed by atoms with Crippen LogP contribution in [0.3, 0.4) is 0 Å². The molecule has 1 N–H and O–H groups in total. The number of carbonyl (C=O) groups excluding carboxylic acids is 2. The van der Waals surface area contributed by atoms with Crippen LogP contribution in [0.1, 0.15) is 37.0 Å². The highest BCUT2D eigenvalue weighted by molar-refractivity contribution is 7.92. The predicted octanol–water partition coefficient (Wildman–Crippen LogP) is 5.10. The molecule has 0 aliphatic carbocycles. The van der Waals surface area contributed by atoms with Crippen molar-refractivity contribution in [2.45, 2.75) is 51.6 Å². The molecule has 0 aliphatic heterocycles. The molecule has 0 aliphatic rings. The Bertz CT molecular complexity index is 1430. The van der Waals surface area contributed by atoms with Crippen LogP contribution in [0.25, 0.3) is 0 Å². The fourth-order valence-corrected chi connectivity index (χ4v) is 5.58. The zero-order chi connectivity index (χ0) is 29.4. The highest BCUT2D eigenvalue weighted by atomic mass is 35.5. The third-order valence-corrected chi connectivity index (χ3v) is 8.73. The van der Waals surface area contributed by atoms with E-state index >= 15 is 0 Å². The van der Waals surface area contributed by atoms with Gasteiger partial charge in [0, 0.05) is 18.1 Å². The van der Waals surface area contributed by atoms with Crippen molar-refractivity contribution in [1.29, 1.82) is 0 Å². The van der Waals surface area contributed by atoms with Crippen LogP contribution in [0.4, 0.5) is 5.69 Å². The molecule has 2 amide bonds. The Morgan fingerprint density at radius 1 is 0.975 bits per heavy atom. The van der Waals surface area contributed by atoms with E-state index in [2.05, 4.69) is 5.32 Å². The normalized spacial score (nSPS) is 11.9. The van der Waals surface area contributed by atoms with Crippen molar-refractivity contribution in [3.8, 4) is 5.75 Å². The first-order chi connectivity index (χ1) is 19.0. The van der Waals surface area contributed by atoms with Gasteiger partial charge in [-0.05, 0) is 92.4 Å². The second-order valence-electron chi connectivity index (χ2n) is 9.57. The van der Waals surface area contributed by atoms with Gasteiger partial charge < -0.3 is 15.0 Å². The van der Waals surface area contributed by atoms with E-state index in [1.165, 1.54) is 29.2 Å². The van der Waals surface area contributed by atoms with E-state index in [0.717, 1.165) is 27.4 Å². The lowest BCUT2D eigenvalue weighted by Crippen LogP contribution is -2.51. The number of ether oxygens (including phenoxy) is 1. The quantitative estimate of drug-likeness (QED) is 0.319. The highest BCUT2D eigenvalue weighted by Gasteiger charge is 2.32. The molecule has 3 aromatic rings. The number of benzene rings is 3. The summed E-state index contributed by atoms with van der Waals surface area (Å²) in [6.45, 7) is 7.45. The molecule has 1 unspecified atom stereocenters. The van der Waals surface area contributed by atoms with Crippen molar-refractivity contribution in [3.63, 3.8) is 0 Å². The van der Waals surface area contributed by atoms with E-state index in [1.54, 1.807) is 50.4 Å². The van der Waals surface area contributed by atoms with Gasteiger partial charge in [0.05, 0.1) is 17.7 Å². The van der Waals surface area contributed by atoms with Crippen LogP contribution in [0.2, 0.25) is 5.02 Å². The maximum atomic E-state index is 14.0. The van der Waals surface area contributed by atoms with E-state index < -0.39 is 28.5 Å². The van der Waals surface area contributed by atoms with E-state index in [0.29, 0.717) is 23.0 Å². The summed E-state index contributed by atoms with van der Waals surface area (Å²) in [6.07, 6.45) is 0.741. The number of aryl methyl sites for hydroxylation is 2. The number of hydrogen-bond donors (Lipinski definition) is 1. The maximum absolute atomic E-state index is 14.0. The van der Waals surface area contributed by atoms with E-state index in [4.69, 9.17) is 16.3 Å². The Kier molecular flexibility index (Phi) is 10.6. The first-order valence-corrected chi connectivity index (χ1v) is 14.9. The lowest BCUT2D eigenvalue weighted by Gasteiger charge is -2.32. The molecule has 0 radical (unpaired) electrons. The smallest absolute Gasteiger partial charge is 0.264 e. The molecule has 0 saturated carbocycles. The van der Waals surface area contributed by atoms with Gasteiger partial charge in [-0.3, -0.25) is 13.9 Å². The number of nitrogens with one attached hydrogen (secondary N) is 1. The van der Waals surface area contributed by atoms with E-state index in [1.807, 2.05) is 26.8 Å². The molecule has 3 aromatic carbocycles. The molecule has 0 fully saturated rings. The zero-order valence-electron chi connectivity index (χ0n) is 23.5. The van der Waals surface area contributed by atoms with E-state index in [-0.39, 0.29) is 17.3 Å². The largest absolute Gasteiger partial charge is 0.497 e. The predicted molar refractivity (Wildman–Crippen MR) is 158 cm³/mol. The summed E-state index contributed by atoms with van der Waals surface area (Å²) in [5.41, 5.74) is 2.98. The minimum absolute atomic E-state index is 0.00151. The average Bonchev–Trinajstić information content (AvgIpc) is 2.94. The molecule has 0 saturated heterocycles. The molecule has 0 heterocycles. The zero-order valence-corrected chi connectivity index (χ0v) is 25.1. The number of anilines is 1. The second-order valence-corrected chi connectivity index (χ2v) is 11.9. The summed E-state index contributed by atoms with van der Waals surface area (Å²) in [4.78, 5) is 28.3. The van der Waals surface area contributed by atoms with Crippen LogP contribution in [0.5, 0.6) is 5.75 Å². The van der Waals surface area contributed by atoms with Crippen molar-refractivity contribution in [3.05, 3.63) is 88.4 Å². The van der Waals surface area contributed by atoms with Gasteiger partial charge in [0.15, 0.2) is 0 Å². The van der Waals surface area contributed by atoms with Crippen LogP contribution in [-0.4, -0.2) is 51.4 Å². The lowest BCUT2D eigenvalue weighted by molar-refractivity contribution is -0.139. The third-order valence-electron chi connectivity index (χ3n) is 6.69. The standard InChI is InChI=1S/C30H36ClN3O5S/c1-6-17-32-30(36)23(4)33(19-24-8-13-27(39-5)14-9-24)29(35)20-34(26-12-7-21(2)22(3)18-26)40(37,38)28-15-10-25(31)11-16-28/h7-16,18,23H,6,17,19-20H2,1-5H3,(H,32,36). The number of nitrogens with zero attached hydrogens (tertiary/aromatic N) is 2. The van der Waals surface area contributed by atoms with Gasteiger partial charge >= 0.3 is 0 Å². The molecule has 0 bridgehead atoms. The Balaban J connectivity index is 2.03. The second kappa shape index (κ2) is 13.7. The maximum Gasteiger partial charge on any atom is 0.264 e.